The van der Waals surface area contributed by atoms with Crippen LogP contribution in [0.15, 0.2) is 54.7 Å². The van der Waals surface area contributed by atoms with Gasteiger partial charge in [-0.25, -0.2) is 4.68 Å². The molecule has 1 fully saturated rings. The molecule has 1 amide bonds. The molecule has 2 aromatic carbocycles. The number of nitrogens with zero attached hydrogens (tertiary/aromatic N) is 3. The first-order valence-corrected chi connectivity index (χ1v) is 10.8. The molecule has 1 aliphatic rings. The van der Waals surface area contributed by atoms with Gasteiger partial charge in [-0.3, -0.25) is 9.69 Å². The van der Waals surface area contributed by atoms with Crippen LogP contribution < -0.4 is 5.32 Å². The number of aromatic nitrogens is 2. The molecule has 5 nitrogen and oxygen atoms in total. The quantitative estimate of drug-likeness (QED) is 0.656. The van der Waals surface area contributed by atoms with E-state index in [0.717, 1.165) is 54.4 Å². The number of likely N-dealkylation sites (tertiary alicyclic amines) is 1. The predicted molar refractivity (Wildman–Crippen MR) is 120 cm³/mol. The van der Waals surface area contributed by atoms with Crippen LogP contribution in [-0.4, -0.2) is 39.7 Å². The van der Waals surface area contributed by atoms with Crippen molar-refractivity contribution in [2.24, 2.45) is 0 Å². The normalized spacial score (nSPS) is 15.3. The van der Waals surface area contributed by atoms with Crippen LogP contribution in [0.1, 0.15) is 40.0 Å². The largest absolute Gasteiger partial charge is 0.349 e. The van der Waals surface area contributed by atoms with Crippen LogP contribution >= 0.6 is 11.6 Å². The van der Waals surface area contributed by atoms with Crippen molar-refractivity contribution in [3.63, 3.8) is 0 Å². The fraction of sp³-hybridized carbons (Fsp3) is 0.333. The third-order valence-electron chi connectivity index (χ3n) is 5.84. The highest BCUT2D eigenvalue weighted by atomic mass is 35.5. The zero-order valence-corrected chi connectivity index (χ0v) is 18.2. The lowest BCUT2D eigenvalue weighted by atomic mass is 10.0. The van der Waals surface area contributed by atoms with Crippen molar-refractivity contribution >= 4 is 17.5 Å². The standard InChI is InChI=1S/C24H27ClN4O/c1-17-5-3-4-6-23(17)29-18(2)22(15-26-29)24(30)27-21-11-13-28(14-12-21)16-19-7-9-20(25)10-8-19/h3-10,15,21H,11-14,16H2,1-2H3,(H,27,30). The molecule has 0 atom stereocenters. The number of halogens is 1. The van der Waals surface area contributed by atoms with Crippen LogP contribution in [0.2, 0.25) is 5.02 Å². The number of nitrogens with one attached hydrogen (secondary N) is 1. The maximum absolute atomic E-state index is 12.9. The highest BCUT2D eigenvalue weighted by molar-refractivity contribution is 6.30. The van der Waals surface area contributed by atoms with Gasteiger partial charge in [-0.1, -0.05) is 41.9 Å². The van der Waals surface area contributed by atoms with Gasteiger partial charge in [0.05, 0.1) is 23.1 Å². The third-order valence-corrected chi connectivity index (χ3v) is 6.09. The predicted octanol–water partition coefficient (Wildman–Crippen LogP) is 4.54. The van der Waals surface area contributed by atoms with Crippen LogP contribution in [0.25, 0.3) is 5.69 Å². The monoisotopic (exact) mass is 422 g/mol. The first-order chi connectivity index (χ1) is 14.5. The van der Waals surface area contributed by atoms with Crippen LogP contribution in [0.4, 0.5) is 0 Å². The Balaban J connectivity index is 1.34. The summed E-state index contributed by atoms with van der Waals surface area (Å²) in [5, 5.41) is 8.44. The van der Waals surface area contributed by atoms with E-state index >= 15 is 0 Å². The molecular weight excluding hydrogens is 396 g/mol. The van der Waals surface area contributed by atoms with Crippen molar-refractivity contribution < 1.29 is 4.79 Å². The Bertz CT molecular complexity index is 1020. The van der Waals surface area contributed by atoms with Gasteiger partial charge in [-0.15, -0.1) is 0 Å². The molecule has 1 N–H and O–H groups in total. The van der Waals surface area contributed by atoms with E-state index in [4.69, 9.17) is 11.6 Å². The lowest BCUT2D eigenvalue weighted by Gasteiger charge is -2.32. The number of hydrogen-bond donors (Lipinski definition) is 1. The average molecular weight is 423 g/mol. The Morgan fingerprint density at radius 2 is 1.80 bits per heavy atom. The molecule has 0 spiro atoms. The Morgan fingerprint density at radius 1 is 1.10 bits per heavy atom. The Labute approximate surface area is 182 Å². The van der Waals surface area contributed by atoms with Crippen molar-refractivity contribution in [2.45, 2.75) is 39.3 Å². The minimum absolute atomic E-state index is 0.0384. The Kier molecular flexibility index (Phi) is 6.21. The zero-order valence-electron chi connectivity index (χ0n) is 17.4. The van der Waals surface area contributed by atoms with E-state index in [0.29, 0.717) is 5.56 Å². The number of amides is 1. The summed E-state index contributed by atoms with van der Waals surface area (Å²) in [5.74, 6) is -0.0384. The number of benzene rings is 2. The van der Waals surface area contributed by atoms with Gasteiger partial charge in [-0.05, 0) is 56.0 Å². The van der Waals surface area contributed by atoms with Gasteiger partial charge in [-0.2, -0.15) is 5.10 Å². The minimum atomic E-state index is -0.0384. The van der Waals surface area contributed by atoms with Gasteiger partial charge in [0.1, 0.15) is 0 Å². The first kappa shape index (κ1) is 20.6. The summed E-state index contributed by atoms with van der Waals surface area (Å²) in [7, 11) is 0. The number of hydrogen-bond acceptors (Lipinski definition) is 3. The number of rotatable bonds is 5. The number of carbonyl (C=O) groups is 1. The van der Waals surface area contributed by atoms with Crippen molar-refractivity contribution in [1.82, 2.24) is 20.0 Å². The van der Waals surface area contributed by atoms with E-state index < -0.39 is 0 Å². The molecule has 0 unspecified atom stereocenters. The van der Waals surface area contributed by atoms with Gasteiger partial charge in [0, 0.05) is 30.7 Å². The van der Waals surface area contributed by atoms with E-state index in [1.807, 2.05) is 54.9 Å². The molecule has 1 aromatic heterocycles. The fourth-order valence-electron chi connectivity index (χ4n) is 4.02. The highest BCUT2D eigenvalue weighted by Gasteiger charge is 2.23. The third kappa shape index (κ3) is 4.58. The molecule has 156 valence electrons. The second kappa shape index (κ2) is 9.02. The van der Waals surface area contributed by atoms with Crippen LogP contribution in [0.3, 0.4) is 0 Å². The molecule has 0 saturated carbocycles. The zero-order chi connectivity index (χ0) is 21.1. The van der Waals surface area contributed by atoms with Crippen molar-refractivity contribution in [3.8, 4) is 5.69 Å². The summed E-state index contributed by atoms with van der Waals surface area (Å²) in [6.07, 6.45) is 3.57. The first-order valence-electron chi connectivity index (χ1n) is 10.4. The molecule has 3 aromatic rings. The van der Waals surface area contributed by atoms with E-state index in [-0.39, 0.29) is 11.9 Å². The molecule has 6 heteroatoms. The van der Waals surface area contributed by atoms with Gasteiger partial charge >= 0.3 is 0 Å². The molecule has 2 heterocycles. The van der Waals surface area contributed by atoms with E-state index in [1.165, 1.54) is 5.56 Å². The van der Waals surface area contributed by atoms with Crippen LogP contribution in [0, 0.1) is 13.8 Å². The smallest absolute Gasteiger partial charge is 0.254 e. The van der Waals surface area contributed by atoms with E-state index in [1.54, 1.807) is 6.20 Å². The summed E-state index contributed by atoms with van der Waals surface area (Å²) >= 11 is 5.97. The maximum atomic E-state index is 12.9. The Hall–Kier alpha value is -2.63. The van der Waals surface area contributed by atoms with Gasteiger partial charge in [0.15, 0.2) is 0 Å². The molecular formula is C24H27ClN4O. The van der Waals surface area contributed by atoms with Gasteiger partial charge in [0.25, 0.3) is 5.91 Å². The maximum Gasteiger partial charge on any atom is 0.254 e. The lowest BCUT2D eigenvalue weighted by Crippen LogP contribution is -2.44. The van der Waals surface area contributed by atoms with Crippen molar-refractivity contribution in [3.05, 3.63) is 82.1 Å². The van der Waals surface area contributed by atoms with E-state index in [2.05, 4.69) is 27.4 Å². The highest BCUT2D eigenvalue weighted by Crippen LogP contribution is 2.19. The molecule has 0 aliphatic carbocycles. The van der Waals surface area contributed by atoms with Crippen molar-refractivity contribution in [2.75, 3.05) is 13.1 Å². The molecule has 0 radical (unpaired) electrons. The molecule has 30 heavy (non-hydrogen) atoms. The summed E-state index contributed by atoms with van der Waals surface area (Å²) in [4.78, 5) is 15.3. The second-order valence-electron chi connectivity index (χ2n) is 7.99. The van der Waals surface area contributed by atoms with Crippen LogP contribution in [-0.2, 0) is 6.54 Å². The number of aryl methyl sites for hydroxylation is 1. The van der Waals surface area contributed by atoms with Gasteiger partial charge in [0.2, 0.25) is 0 Å². The second-order valence-corrected chi connectivity index (χ2v) is 8.43. The minimum Gasteiger partial charge on any atom is -0.349 e. The summed E-state index contributed by atoms with van der Waals surface area (Å²) < 4.78 is 1.85. The molecule has 1 saturated heterocycles. The number of piperidine rings is 1. The SMILES string of the molecule is Cc1ccccc1-n1ncc(C(=O)NC2CCN(Cc3ccc(Cl)cc3)CC2)c1C. The molecule has 0 bridgehead atoms. The molecule has 4 rings (SSSR count). The summed E-state index contributed by atoms with van der Waals surface area (Å²) in [6.45, 7) is 6.85. The van der Waals surface area contributed by atoms with Gasteiger partial charge < -0.3 is 5.32 Å². The van der Waals surface area contributed by atoms with Crippen LogP contribution in [0.5, 0.6) is 0 Å². The lowest BCUT2D eigenvalue weighted by molar-refractivity contribution is 0.0908. The topological polar surface area (TPSA) is 50.2 Å². The Morgan fingerprint density at radius 3 is 2.50 bits per heavy atom. The van der Waals surface area contributed by atoms with E-state index in [9.17, 15) is 4.79 Å². The average Bonchev–Trinajstić information content (AvgIpc) is 3.13. The summed E-state index contributed by atoms with van der Waals surface area (Å²) in [6, 6.07) is 16.3. The molecule has 1 aliphatic heterocycles. The fourth-order valence-corrected chi connectivity index (χ4v) is 4.15. The van der Waals surface area contributed by atoms with Crippen molar-refractivity contribution in [1.29, 1.82) is 0 Å². The number of carbonyl (C=O) groups excluding carboxylic acids is 1. The number of para-hydroxylation sites is 1. The summed E-state index contributed by atoms with van der Waals surface area (Å²) in [5.41, 5.74) is 4.90.